The van der Waals surface area contributed by atoms with Crippen molar-refractivity contribution >= 4 is 11.7 Å². The summed E-state index contributed by atoms with van der Waals surface area (Å²) in [6.45, 7) is 11.3. The van der Waals surface area contributed by atoms with E-state index in [4.69, 9.17) is 9.40 Å². The molecule has 0 aliphatic carbocycles. The van der Waals surface area contributed by atoms with Gasteiger partial charge in [-0.25, -0.2) is 9.97 Å². The van der Waals surface area contributed by atoms with Crippen molar-refractivity contribution in [3.63, 3.8) is 0 Å². The van der Waals surface area contributed by atoms with E-state index in [-0.39, 0.29) is 11.3 Å². The molecule has 176 valence electrons. The summed E-state index contributed by atoms with van der Waals surface area (Å²) < 4.78 is 7.71. The zero-order valence-corrected chi connectivity index (χ0v) is 20.0. The van der Waals surface area contributed by atoms with Gasteiger partial charge >= 0.3 is 0 Å². The number of furan rings is 1. The van der Waals surface area contributed by atoms with Crippen molar-refractivity contribution in [1.82, 2.24) is 24.2 Å². The second-order valence-corrected chi connectivity index (χ2v) is 10.7. The molecule has 5 heterocycles. The number of nitrogens with zero attached hydrogens (tertiary/aromatic N) is 5. The zero-order valence-electron chi connectivity index (χ0n) is 20.0. The smallest absolute Gasteiger partial charge is 0.234 e. The lowest BCUT2D eigenvalue weighted by Crippen LogP contribution is -2.45. The number of imidazole rings is 1. The van der Waals surface area contributed by atoms with Gasteiger partial charge in [0.05, 0.1) is 12.0 Å². The number of amides is 1. The number of likely N-dealkylation sites (tertiary alicyclic amines) is 2. The van der Waals surface area contributed by atoms with Crippen LogP contribution in [0.2, 0.25) is 0 Å². The van der Waals surface area contributed by atoms with Gasteiger partial charge < -0.3 is 9.32 Å². The highest BCUT2D eigenvalue weighted by Gasteiger charge is 2.34. The summed E-state index contributed by atoms with van der Waals surface area (Å²) >= 11 is 0. The van der Waals surface area contributed by atoms with Crippen LogP contribution in [0.1, 0.15) is 52.1 Å². The number of carbonyl (C=O) groups is 1. The average Bonchev–Trinajstić information content (AvgIpc) is 3.41. The van der Waals surface area contributed by atoms with Crippen molar-refractivity contribution in [3.8, 4) is 11.5 Å². The maximum Gasteiger partial charge on any atom is 0.234 e. The molecule has 2 aliphatic rings. The van der Waals surface area contributed by atoms with Crippen molar-refractivity contribution in [2.24, 2.45) is 17.3 Å². The van der Waals surface area contributed by atoms with E-state index >= 15 is 0 Å². The van der Waals surface area contributed by atoms with Gasteiger partial charge in [-0.3, -0.25) is 14.1 Å². The Morgan fingerprint density at radius 1 is 1.18 bits per heavy atom. The summed E-state index contributed by atoms with van der Waals surface area (Å²) in [5.74, 6) is 2.63. The van der Waals surface area contributed by atoms with Crippen molar-refractivity contribution < 1.29 is 9.21 Å². The van der Waals surface area contributed by atoms with Crippen LogP contribution >= 0.6 is 0 Å². The number of fused-ring (bicyclic) bond motifs is 1. The maximum absolute atomic E-state index is 13.4. The lowest BCUT2D eigenvalue weighted by molar-refractivity contribution is -0.138. The summed E-state index contributed by atoms with van der Waals surface area (Å²) in [6.07, 6.45) is 9.59. The quantitative estimate of drug-likeness (QED) is 0.587. The predicted molar refractivity (Wildman–Crippen MR) is 127 cm³/mol. The standard InChI is InChI=1S/C26H35N5O2/c1-19-7-14-30(18-26(2,3)16-19)24(32)20-8-12-29(13-9-20)17-21-23(22-6-4-15-33-22)28-25-27-10-5-11-31(21)25/h4-6,10-11,15,19-20H,7-9,12-14,16-18H2,1-3H3. The fourth-order valence-corrected chi connectivity index (χ4v) is 5.77. The summed E-state index contributed by atoms with van der Waals surface area (Å²) in [5.41, 5.74) is 2.13. The Morgan fingerprint density at radius 2 is 2.00 bits per heavy atom. The highest BCUT2D eigenvalue weighted by Crippen LogP contribution is 2.33. The minimum absolute atomic E-state index is 0.138. The van der Waals surface area contributed by atoms with E-state index in [1.165, 1.54) is 6.42 Å². The van der Waals surface area contributed by atoms with Crippen LogP contribution in [0, 0.1) is 17.3 Å². The van der Waals surface area contributed by atoms with Crippen molar-refractivity contribution in [2.75, 3.05) is 26.2 Å². The summed E-state index contributed by atoms with van der Waals surface area (Å²) in [7, 11) is 0. The number of rotatable bonds is 4. The molecule has 7 heteroatoms. The van der Waals surface area contributed by atoms with Gasteiger partial charge in [0.25, 0.3) is 0 Å². The Kier molecular flexibility index (Phi) is 5.99. The molecule has 0 spiro atoms. The van der Waals surface area contributed by atoms with Gasteiger partial charge in [-0.2, -0.15) is 0 Å². The van der Waals surface area contributed by atoms with Crippen LogP contribution in [-0.2, 0) is 11.3 Å². The minimum atomic E-state index is 0.138. The monoisotopic (exact) mass is 449 g/mol. The van der Waals surface area contributed by atoms with Gasteiger partial charge in [0.15, 0.2) is 5.76 Å². The highest BCUT2D eigenvalue weighted by atomic mass is 16.3. The van der Waals surface area contributed by atoms with E-state index in [0.29, 0.717) is 17.6 Å². The fraction of sp³-hybridized carbons (Fsp3) is 0.577. The van der Waals surface area contributed by atoms with E-state index in [1.807, 2.05) is 24.4 Å². The van der Waals surface area contributed by atoms with Crippen LogP contribution < -0.4 is 0 Å². The number of aromatic nitrogens is 3. The molecule has 5 rings (SSSR count). The molecule has 1 atom stereocenters. The normalized spacial score (nSPS) is 22.5. The van der Waals surface area contributed by atoms with E-state index in [0.717, 1.165) is 69.1 Å². The number of hydrogen-bond acceptors (Lipinski definition) is 5. The molecule has 0 N–H and O–H groups in total. The molecule has 7 nitrogen and oxygen atoms in total. The van der Waals surface area contributed by atoms with E-state index in [9.17, 15) is 4.79 Å². The second-order valence-electron chi connectivity index (χ2n) is 10.7. The third-order valence-electron chi connectivity index (χ3n) is 7.29. The molecule has 2 fully saturated rings. The Labute approximate surface area is 195 Å². The van der Waals surface area contributed by atoms with Gasteiger partial charge in [0, 0.05) is 37.9 Å². The Balaban J connectivity index is 1.27. The maximum atomic E-state index is 13.4. The minimum Gasteiger partial charge on any atom is -0.463 e. The number of carbonyl (C=O) groups excluding carboxylic acids is 1. The molecule has 33 heavy (non-hydrogen) atoms. The van der Waals surface area contributed by atoms with Crippen molar-refractivity contribution in [2.45, 2.75) is 53.0 Å². The molecule has 1 amide bonds. The molecule has 0 aromatic carbocycles. The summed E-state index contributed by atoms with van der Waals surface area (Å²) in [4.78, 5) is 27.1. The van der Waals surface area contributed by atoms with Crippen LogP contribution in [0.3, 0.4) is 0 Å². The first-order chi connectivity index (χ1) is 15.9. The van der Waals surface area contributed by atoms with E-state index < -0.39 is 0 Å². The summed E-state index contributed by atoms with van der Waals surface area (Å²) in [6, 6.07) is 5.76. The lowest BCUT2D eigenvalue weighted by atomic mass is 9.83. The van der Waals surface area contributed by atoms with Crippen LogP contribution in [-0.4, -0.2) is 56.3 Å². The third kappa shape index (κ3) is 4.69. The Bertz CT molecular complexity index is 1100. The molecule has 2 aliphatic heterocycles. The zero-order chi connectivity index (χ0) is 23.0. The average molecular weight is 450 g/mol. The molecule has 0 radical (unpaired) electrons. The lowest BCUT2D eigenvalue weighted by Gasteiger charge is -2.36. The SMILES string of the molecule is CC1CCN(C(=O)C2CCN(Cc3c(-c4ccco4)nc4ncccn34)CC2)CC(C)(C)C1. The third-order valence-corrected chi connectivity index (χ3v) is 7.29. The van der Waals surface area contributed by atoms with Crippen molar-refractivity contribution in [3.05, 3.63) is 42.5 Å². The van der Waals surface area contributed by atoms with Gasteiger partial charge in [0.1, 0.15) is 5.69 Å². The fourth-order valence-electron chi connectivity index (χ4n) is 5.77. The van der Waals surface area contributed by atoms with Gasteiger partial charge in [-0.05, 0) is 68.3 Å². The first-order valence-corrected chi connectivity index (χ1v) is 12.3. The molecule has 0 saturated carbocycles. The van der Waals surface area contributed by atoms with Crippen LogP contribution in [0.4, 0.5) is 0 Å². The van der Waals surface area contributed by atoms with E-state index in [1.54, 1.807) is 12.5 Å². The first-order valence-electron chi connectivity index (χ1n) is 12.3. The van der Waals surface area contributed by atoms with E-state index in [2.05, 4.69) is 40.0 Å². The van der Waals surface area contributed by atoms with Crippen molar-refractivity contribution in [1.29, 1.82) is 0 Å². The molecular formula is C26H35N5O2. The molecular weight excluding hydrogens is 414 g/mol. The number of piperidine rings is 1. The highest BCUT2D eigenvalue weighted by molar-refractivity contribution is 5.79. The Hall–Kier alpha value is -2.67. The number of hydrogen-bond donors (Lipinski definition) is 0. The Morgan fingerprint density at radius 3 is 2.76 bits per heavy atom. The van der Waals surface area contributed by atoms with Gasteiger partial charge in [0.2, 0.25) is 11.7 Å². The van der Waals surface area contributed by atoms with Crippen LogP contribution in [0.15, 0.2) is 41.3 Å². The van der Waals surface area contributed by atoms with Crippen LogP contribution in [0.5, 0.6) is 0 Å². The first kappa shape index (κ1) is 22.1. The van der Waals surface area contributed by atoms with Gasteiger partial charge in [-0.15, -0.1) is 0 Å². The largest absolute Gasteiger partial charge is 0.463 e. The molecule has 1 unspecified atom stereocenters. The molecule has 0 bridgehead atoms. The predicted octanol–water partition coefficient (Wildman–Crippen LogP) is 4.49. The molecule has 3 aromatic rings. The molecule has 3 aromatic heterocycles. The van der Waals surface area contributed by atoms with Gasteiger partial charge in [-0.1, -0.05) is 20.8 Å². The molecule has 2 saturated heterocycles. The second kappa shape index (κ2) is 8.93. The topological polar surface area (TPSA) is 66.9 Å². The summed E-state index contributed by atoms with van der Waals surface area (Å²) in [5, 5.41) is 0. The van der Waals surface area contributed by atoms with Crippen LogP contribution in [0.25, 0.3) is 17.2 Å².